The summed E-state index contributed by atoms with van der Waals surface area (Å²) in [5.74, 6) is -2.15. The molecule has 2 rings (SSSR count). The third-order valence-corrected chi connectivity index (χ3v) is 3.62. The molecule has 0 bridgehead atoms. The molecule has 0 aliphatic carbocycles. The van der Waals surface area contributed by atoms with E-state index in [-0.39, 0.29) is 10.3 Å². The van der Waals surface area contributed by atoms with Crippen LogP contribution in [-0.2, 0) is 17.5 Å². The number of nitrogens with zero attached hydrogens (tertiary/aromatic N) is 3. The zero-order valence-electron chi connectivity index (χ0n) is 13.7. The van der Waals surface area contributed by atoms with Crippen LogP contribution in [0.2, 0.25) is 0 Å². The summed E-state index contributed by atoms with van der Waals surface area (Å²) in [7, 11) is 0. The number of halogens is 3. The van der Waals surface area contributed by atoms with E-state index < -0.39 is 47.9 Å². The van der Waals surface area contributed by atoms with Crippen LogP contribution in [0.4, 0.5) is 18.9 Å². The minimum absolute atomic E-state index is 0.135. The molecular formula is C17H13F3N4O3. The van der Waals surface area contributed by atoms with Crippen molar-refractivity contribution in [2.24, 2.45) is 5.73 Å². The second-order valence-electron chi connectivity index (χ2n) is 5.36. The normalized spacial score (nSPS) is 10.9. The van der Waals surface area contributed by atoms with Crippen molar-refractivity contribution in [3.8, 4) is 6.07 Å². The number of anilines is 1. The minimum atomic E-state index is -4.94. The van der Waals surface area contributed by atoms with Crippen molar-refractivity contribution in [1.29, 1.82) is 5.26 Å². The standard InChI is InChI=1S/C17H13F3N4O3/c18-17(19,20)13-7-6-12(15(22)26)16(27)24(13)10-14(25)23(9-8-21)11-4-2-1-3-5-11/h1-7H,9-10H2,(H2,22,26). The Morgan fingerprint density at radius 2 is 1.78 bits per heavy atom. The van der Waals surface area contributed by atoms with Crippen LogP contribution in [-0.4, -0.2) is 22.9 Å². The maximum Gasteiger partial charge on any atom is 0.431 e. The van der Waals surface area contributed by atoms with Gasteiger partial charge in [-0.3, -0.25) is 23.9 Å². The highest BCUT2D eigenvalue weighted by Gasteiger charge is 2.36. The summed E-state index contributed by atoms with van der Waals surface area (Å²) in [5.41, 5.74) is 1.85. The number of para-hydroxylation sites is 1. The molecule has 0 atom stereocenters. The summed E-state index contributed by atoms with van der Waals surface area (Å²) < 4.78 is 39.8. The fraction of sp³-hybridized carbons (Fsp3) is 0.176. The molecule has 0 aliphatic heterocycles. The molecule has 140 valence electrons. The fourth-order valence-electron chi connectivity index (χ4n) is 2.39. The summed E-state index contributed by atoms with van der Waals surface area (Å²) in [6.07, 6.45) is -4.94. The first-order valence-corrected chi connectivity index (χ1v) is 7.50. The van der Waals surface area contributed by atoms with Crippen LogP contribution in [0.3, 0.4) is 0 Å². The maximum absolute atomic E-state index is 13.2. The van der Waals surface area contributed by atoms with Gasteiger partial charge in [-0.1, -0.05) is 18.2 Å². The zero-order chi connectivity index (χ0) is 20.2. The molecule has 0 saturated carbocycles. The van der Waals surface area contributed by atoms with Gasteiger partial charge in [0.25, 0.3) is 11.5 Å². The number of amides is 2. The van der Waals surface area contributed by atoms with Gasteiger partial charge in [0.05, 0.1) is 6.07 Å². The number of carbonyl (C=O) groups is 2. The molecule has 0 saturated heterocycles. The molecule has 0 unspecified atom stereocenters. The first-order valence-electron chi connectivity index (χ1n) is 7.50. The Labute approximate surface area is 151 Å². The predicted octanol–water partition coefficient (Wildman–Crippen LogP) is 1.52. The summed E-state index contributed by atoms with van der Waals surface area (Å²) in [6, 6.07) is 10.7. The summed E-state index contributed by atoms with van der Waals surface area (Å²) in [4.78, 5) is 37.0. The molecule has 2 N–H and O–H groups in total. The number of nitriles is 1. The summed E-state index contributed by atoms with van der Waals surface area (Å²) in [5, 5.41) is 8.91. The fourth-order valence-corrected chi connectivity index (χ4v) is 2.39. The van der Waals surface area contributed by atoms with Gasteiger partial charge < -0.3 is 5.73 Å². The number of carbonyl (C=O) groups excluding carboxylic acids is 2. The molecule has 0 aliphatic rings. The average Bonchev–Trinajstić information content (AvgIpc) is 2.60. The Morgan fingerprint density at radius 3 is 2.30 bits per heavy atom. The van der Waals surface area contributed by atoms with E-state index in [4.69, 9.17) is 11.0 Å². The van der Waals surface area contributed by atoms with E-state index in [1.54, 1.807) is 24.3 Å². The molecule has 0 fully saturated rings. The Balaban J connectivity index is 2.52. The van der Waals surface area contributed by atoms with Crippen LogP contribution in [0.1, 0.15) is 16.1 Å². The molecule has 27 heavy (non-hydrogen) atoms. The monoisotopic (exact) mass is 378 g/mol. The number of hydrogen-bond donors (Lipinski definition) is 1. The summed E-state index contributed by atoms with van der Waals surface area (Å²) in [6.45, 7) is -1.46. The smallest absolute Gasteiger partial charge is 0.365 e. The number of benzene rings is 1. The number of pyridine rings is 1. The lowest BCUT2D eigenvalue weighted by atomic mass is 10.2. The number of hydrogen-bond acceptors (Lipinski definition) is 4. The van der Waals surface area contributed by atoms with Crippen molar-refractivity contribution < 1.29 is 22.8 Å². The summed E-state index contributed by atoms with van der Waals surface area (Å²) >= 11 is 0. The largest absolute Gasteiger partial charge is 0.431 e. The maximum atomic E-state index is 13.2. The predicted molar refractivity (Wildman–Crippen MR) is 88.6 cm³/mol. The Hall–Kier alpha value is -3.61. The molecule has 1 aromatic carbocycles. The van der Waals surface area contributed by atoms with Crippen LogP contribution in [0, 0.1) is 11.3 Å². The van der Waals surface area contributed by atoms with Crippen LogP contribution >= 0.6 is 0 Å². The van der Waals surface area contributed by atoms with Gasteiger partial charge in [-0.25, -0.2) is 0 Å². The lowest BCUT2D eigenvalue weighted by Crippen LogP contribution is -2.40. The van der Waals surface area contributed by atoms with Crippen molar-refractivity contribution in [2.45, 2.75) is 12.7 Å². The van der Waals surface area contributed by atoms with Crippen molar-refractivity contribution in [3.05, 3.63) is 64.1 Å². The Bertz CT molecular complexity index is 962. The van der Waals surface area contributed by atoms with Crippen molar-refractivity contribution >= 4 is 17.5 Å². The van der Waals surface area contributed by atoms with E-state index in [1.165, 1.54) is 12.1 Å². The quantitative estimate of drug-likeness (QED) is 0.796. The third kappa shape index (κ3) is 4.33. The first-order chi connectivity index (χ1) is 12.7. The minimum Gasteiger partial charge on any atom is -0.365 e. The van der Waals surface area contributed by atoms with Crippen LogP contribution < -0.4 is 16.2 Å². The number of aromatic nitrogens is 1. The zero-order valence-corrected chi connectivity index (χ0v) is 13.7. The molecule has 2 amide bonds. The SMILES string of the molecule is N#CCN(C(=O)Cn1c(C(F)(F)F)ccc(C(N)=O)c1=O)c1ccccc1. The number of alkyl halides is 3. The number of primary amides is 1. The van der Waals surface area contributed by atoms with E-state index in [1.807, 2.05) is 0 Å². The highest BCUT2D eigenvalue weighted by molar-refractivity contribution is 5.94. The second kappa shape index (κ2) is 7.74. The van der Waals surface area contributed by atoms with E-state index in [9.17, 15) is 27.6 Å². The molecule has 7 nitrogen and oxygen atoms in total. The van der Waals surface area contributed by atoms with Crippen LogP contribution in [0.5, 0.6) is 0 Å². The van der Waals surface area contributed by atoms with E-state index in [2.05, 4.69) is 0 Å². The topological polar surface area (TPSA) is 109 Å². The van der Waals surface area contributed by atoms with Gasteiger partial charge in [0, 0.05) is 5.69 Å². The molecule has 10 heteroatoms. The molecule has 0 spiro atoms. The third-order valence-electron chi connectivity index (χ3n) is 3.62. The van der Waals surface area contributed by atoms with E-state index in [0.29, 0.717) is 12.1 Å². The van der Waals surface area contributed by atoms with Gasteiger partial charge in [0.1, 0.15) is 24.3 Å². The Morgan fingerprint density at radius 1 is 1.15 bits per heavy atom. The number of nitrogens with two attached hydrogens (primary N) is 1. The second-order valence-corrected chi connectivity index (χ2v) is 5.36. The van der Waals surface area contributed by atoms with Gasteiger partial charge >= 0.3 is 6.18 Å². The van der Waals surface area contributed by atoms with E-state index >= 15 is 0 Å². The van der Waals surface area contributed by atoms with Crippen molar-refractivity contribution in [3.63, 3.8) is 0 Å². The molecular weight excluding hydrogens is 365 g/mol. The molecule has 1 aromatic heterocycles. The van der Waals surface area contributed by atoms with Crippen molar-refractivity contribution in [1.82, 2.24) is 4.57 Å². The van der Waals surface area contributed by atoms with Crippen LogP contribution in [0.15, 0.2) is 47.3 Å². The van der Waals surface area contributed by atoms with Gasteiger partial charge in [0.2, 0.25) is 5.91 Å². The molecule has 1 heterocycles. The highest BCUT2D eigenvalue weighted by atomic mass is 19.4. The van der Waals surface area contributed by atoms with Gasteiger partial charge in [-0.15, -0.1) is 0 Å². The Kier molecular flexibility index (Phi) is 5.65. The first kappa shape index (κ1) is 19.7. The van der Waals surface area contributed by atoms with Gasteiger partial charge in [-0.05, 0) is 24.3 Å². The van der Waals surface area contributed by atoms with Gasteiger partial charge in [-0.2, -0.15) is 18.4 Å². The highest BCUT2D eigenvalue weighted by Crippen LogP contribution is 2.28. The van der Waals surface area contributed by atoms with Crippen molar-refractivity contribution in [2.75, 3.05) is 11.4 Å². The lowest BCUT2D eigenvalue weighted by molar-refractivity contribution is -0.144. The molecule has 2 aromatic rings. The van der Waals surface area contributed by atoms with E-state index in [0.717, 1.165) is 4.90 Å². The number of rotatable bonds is 5. The average molecular weight is 378 g/mol. The molecule has 0 radical (unpaired) electrons. The lowest BCUT2D eigenvalue weighted by Gasteiger charge is -2.22. The van der Waals surface area contributed by atoms with Gasteiger partial charge in [0.15, 0.2) is 0 Å². The van der Waals surface area contributed by atoms with Crippen LogP contribution in [0.25, 0.3) is 0 Å².